The predicted octanol–water partition coefficient (Wildman–Crippen LogP) is 3.68. The number of nitrogens with zero attached hydrogens (tertiary/aromatic N) is 2. The van der Waals surface area contributed by atoms with E-state index >= 15 is 0 Å². The molecule has 0 saturated carbocycles. The van der Waals surface area contributed by atoms with Crippen LogP contribution in [0.4, 0.5) is 11.4 Å². The molecule has 2 saturated heterocycles. The van der Waals surface area contributed by atoms with Crippen LogP contribution in [0.2, 0.25) is 0 Å². The molecule has 2 fully saturated rings. The van der Waals surface area contributed by atoms with Crippen LogP contribution in [-0.4, -0.2) is 47.5 Å². The van der Waals surface area contributed by atoms with Crippen molar-refractivity contribution in [3.8, 4) is 5.75 Å². The second-order valence-corrected chi connectivity index (χ2v) is 9.16. The van der Waals surface area contributed by atoms with E-state index in [0.717, 1.165) is 22.9 Å². The number of fused-ring (bicyclic) bond motifs is 4. The molecule has 2 aromatic carbocycles. The lowest BCUT2D eigenvalue weighted by atomic mass is 9.78. The summed E-state index contributed by atoms with van der Waals surface area (Å²) in [5, 5.41) is 3.09. The van der Waals surface area contributed by atoms with Crippen LogP contribution in [0.15, 0.2) is 48.5 Å². The van der Waals surface area contributed by atoms with Gasteiger partial charge in [-0.25, -0.2) is 0 Å². The van der Waals surface area contributed by atoms with Gasteiger partial charge in [0.1, 0.15) is 11.3 Å². The maximum absolute atomic E-state index is 14.0. The van der Waals surface area contributed by atoms with Gasteiger partial charge in [0.25, 0.3) is 5.91 Å². The number of likely N-dealkylation sites (N-methyl/N-ethyl adjacent to an activating group) is 1. The van der Waals surface area contributed by atoms with Crippen molar-refractivity contribution in [2.75, 3.05) is 35.0 Å². The number of anilines is 2. The number of amides is 2. The minimum absolute atomic E-state index is 0.0273. The zero-order valence-electron chi connectivity index (χ0n) is 17.8. The Labute approximate surface area is 186 Å². The maximum atomic E-state index is 14.0. The Hall–Kier alpha value is -2.51. The molecule has 7 heteroatoms. The molecule has 2 aromatic rings. The molecule has 6 nitrogen and oxygen atoms in total. The largest absolute Gasteiger partial charge is 0.492 e. The van der Waals surface area contributed by atoms with Crippen LogP contribution in [0.25, 0.3) is 0 Å². The van der Waals surface area contributed by atoms with Crippen molar-refractivity contribution >= 4 is 35.0 Å². The van der Waals surface area contributed by atoms with Crippen LogP contribution in [0.5, 0.6) is 5.75 Å². The molecule has 0 radical (unpaired) electrons. The molecule has 5 rings (SSSR count). The van der Waals surface area contributed by atoms with Gasteiger partial charge in [0.15, 0.2) is 0 Å². The Balaban J connectivity index is 1.58. The summed E-state index contributed by atoms with van der Waals surface area (Å²) >= 11 is 1.84. The standard InChI is InChI=1S/C24H27N3O3S/c1-3-26-20-11-7-5-9-17(20)24(23(26)29)18(13-16-14-31-15-27(16)24)22(28)25-19-10-6-8-12-21(19)30-4-2/h5-12,16,18H,3-4,13-15H2,1-2H3,(H,25,28). The molecule has 3 unspecified atom stereocenters. The van der Waals surface area contributed by atoms with E-state index in [-0.39, 0.29) is 17.9 Å². The number of hydrogen-bond acceptors (Lipinski definition) is 5. The van der Waals surface area contributed by atoms with E-state index in [1.807, 2.05) is 79.0 Å². The minimum Gasteiger partial charge on any atom is -0.492 e. The molecule has 0 aromatic heterocycles. The Morgan fingerprint density at radius 2 is 1.97 bits per heavy atom. The first-order valence-corrected chi connectivity index (χ1v) is 12.1. The van der Waals surface area contributed by atoms with E-state index in [4.69, 9.17) is 4.74 Å². The van der Waals surface area contributed by atoms with Gasteiger partial charge in [-0.3, -0.25) is 14.5 Å². The summed E-state index contributed by atoms with van der Waals surface area (Å²) in [6.07, 6.45) is 0.674. The van der Waals surface area contributed by atoms with Crippen molar-refractivity contribution in [3.05, 3.63) is 54.1 Å². The highest BCUT2D eigenvalue weighted by Gasteiger charge is 2.67. The van der Waals surface area contributed by atoms with Gasteiger partial charge in [0.2, 0.25) is 5.91 Å². The molecule has 2 amide bonds. The highest BCUT2D eigenvalue weighted by Crippen LogP contribution is 2.57. The lowest BCUT2D eigenvalue weighted by Crippen LogP contribution is -2.55. The fraction of sp³-hybridized carbons (Fsp3) is 0.417. The fourth-order valence-electron chi connectivity index (χ4n) is 5.47. The lowest BCUT2D eigenvalue weighted by Gasteiger charge is -2.36. The first kappa shape index (κ1) is 20.4. The number of nitrogens with one attached hydrogen (secondary N) is 1. The summed E-state index contributed by atoms with van der Waals surface area (Å²) in [5.74, 6) is 1.81. The van der Waals surface area contributed by atoms with Crippen LogP contribution in [0.1, 0.15) is 25.8 Å². The van der Waals surface area contributed by atoms with Gasteiger partial charge in [-0.05, 0) is 38.5 Å². The number of thioether (sulfide) groups is 1. The van der Waals surface area contributed by atoms with Crippen LogP contribution in [0, 0.1) is 5.92 Å². The van der Waals surface area contributed by atoms with Gasteiger partial charge in [-0.15, -0.1) is 11.8 Å². The molecular formula is C24H27N3O3S. The van der Waals surface area contributed by atoms with Crippen molar-refractivity contribution in [2.24, 2.45) is 5.92 Å². The summed E-state index contributed by atoms with van der Waals surface area (Å²) < 4.78 is 5.70. The van der Waals surface area contributed by atoms with Crippen LogP contribution in [-0.2, 0) is 15.1 Å². The highest BCUT2D eigenvalue weighted by molar-refractivity contribution is 7.99. The molecule has 1 spiro atoms. The SMILES string of the molecule is CCOc1ccccc1NC(=O)C1CC2CSCN2C12C(=O)N(CC)c1ccccc12. The molecular weight excluding hydrogens is 410 g/mol. The van der Waals surface area contributed by atoms with Gasteiger partial charge < -0.3 is 15.0 Å². The van der Waals surface area contributed by atoms with Gasteiger partial charge in [-0.2, -0.15) is 0 Å². The number of carbonyl (C=O) groups is 2. The second-order valence-electron chi connectivity index (χ2n) is 8.16. The van der Waals surface area contributed by atoms with Gasteiger partial charge in [0, 0.05) is 35.5 Å². The van der Waals surface area contributed by atoms with Crippen molar-refractivity contribution in [1.29, 1.82) is 0 Å². The molecule has 0 bridgehead atoms. The predicted molar refractivity (Wildman–Crippen MR) is 123 cm³/mol. The van der Waals surface area contributed by atoms with Gasteiger partial charge >= 0.3 is 0 Å². The maximum Gasteiger partial charge on any atom is 0.253 e. The first-order chi connectivity index (χ1) is 15.1. The number of para-hydroxylation sites is 3. The molecule has 0 aliphatic carbocycles. The monoisotopic (exact) mass is 437 g/mol. The average Bonchev–Trinajstić information content (AvgIpc) is 3.43. The van der Waals surface area contributed by atoms with Crippen molar-refractivity contribution in [1.82, 2.24) is 4.90 Å². The number of rotatable bonds is 5. The molecule has 3 aliphatic heterocycles. The molecule has 162 valence electrons. The third kappa shape index (κ3) is 2.90. The zero-order valence-corrected chi connectivity index (χ0v) is 18.7. The van der Waals surface area contributed by atoms with Crippen LogP contribution in [0.3, 0.4) is 0 Å². The summed E-state index contributed by atoms with van der Waals surface area (Å²) in [6.45, 7) is 5.02. The Morgan fingerprint density at radius 3 is 2.77 bits per heavy atom. The van der Waals surface area contributed by atoms with E-state index in [9.17, 15) is 9.59 Å². The summed E-state index contributed by atoms with van der Waals surface area (Å²) in [4.78, 5) is 31.8. The molecule has 31 heavy (non-hydrogen) atoms. The van der Waals surface area contributed by atoms with E-state index in [1.54, 1.807) is 0 Å². The van der Waals surface area contributed by atoms with Crippen LogP contribution >= 0.6 is 11.8 Å². The Kier molecular flexibility index (Phi) is 5.18. The lowest BCUT2D eigenvalue weighted by molar-refractivity contribution is -0.136. The van der Waals surface area contributed by atoms with E-state index in [2.05, 4.69) is 10.2 Å². The third-order valence-electron chi connectivity index (χ3n) is 6.70. The Morgan fingerprint density at radius 1 is 1.19 bits per heavy atom. The van der Waals surface area contributed by atoms with Gasteiger partial charge in [-0.1, -0.05) is 30.3 Å². The fourth-order valence-corrected chi connectivity index (χ4v) is 6.77. The molecule has 3 aliphatic rings. The first-order valence-electron chi connectivity index (χ1n) is 10.9. The van der Waals surface area contributed by atoms with Crippen LogP contribution < -0.4 is 15.0 Å². The molecule has 1 N–H and O–H groups in total. The minimum atomic E-state index is -0.939. The quantitative estimate of drug-likeness (QED) is 0.773. The van der Waals surface area contributed by atoms with E-state index in [1.165, 1.54) is 0 Å². The molecule has 3 heterocycles. The number of benzene rings is 2. The number of ether oxygens (including phenoxy) is 1. The van der Waals surface area contributed by atoms with Crippen molar-refractivity contribution < 1.29 is 14.3 Å². The summed E-state index contributed by atoms with van der Waals surface area (Å²) in [7, 11) is 0. The summed E-state index contributed by atoms with van der Waals surface area (Å²) in [5.41, 5.74) is 1.60. The zero-order chi connectivity index (χ0) is 21.6. The topological polar surface area (TPSA) is 61.9 Å². The van der Waals surface area contributed by atoms with E-state index in [0.29, 0.717) is 31.0 Å². The smallest absolute Gasteiger partial charge is 0.253 e. The van der Waals surface area contributed by atoms with Crippen molar-refractivity contribution in [3.63, 3.8) is 0 Å². The number of carbonyl (C=O) groups excluding carboxylic acids is 2. The molecule has 3 atom stereocenters. The third-order valence-corrected chi connectivity index (χ3v) is 7.78. The normalized spacial score (nSPS) is 26.9. The van der Waals surface area contributed by atoms with E-state index < -0.39 is 11.5 Å². The summed E-state index contributed by atoms with van der Waals surface area (Å²) in [6, 6.07) is 15.7. The average molecular weight is 438 g/mol. The highest BCUT2D eigenvalue weighted by atomic mass is 32.2. The second kappa shape index (κ2) is 7.88. The van der Waals surface area contributed by atoms with Gasteiger partial charge in [0.05, 0.1) is 18.2 Å². The number of hydrogen-bond donors (Lipinski definition) is 1. The Bertz CT molecular complexity index is 1030. The van der Waals surface area contributed by atoms with Crippen molar-refractivity contribution in [2.45, 2.75) is 31.8 Å².